The Morgan fingerprint density at radius 2 is 1.95 bits per heavy atom. The summed E-state index contributed by atoms with van der Waals surface area (Å²) in [7, 11) is 0. The maximum atomic E-state index is 13.7. The molecule has 20 heavy (non-hydrogen) atoms. The normalized spacial score (nSPS) is 12.7. The van der Waals surface area contributed by atoms with Gasteiger partial charge in [-0.25, -0.2) is 13.2 Å². The molecule has 2 rings (SSSR count). The van der Waals surface area contributed by atoms with Crippen molar-refractivity contribution in [2.24, 2.45) is 5.84 Å². The van der Waals surface area contributed by atoms with Gasteiger partial charge in [0.25, 0.3) is 0 Å². The molecule has 1 atom stereocenters. The van der Waals surface area contributed by atoms with Gasteiger partial charge in [-0.2, -0.15) is 5.10 Å². The fourth-order valence-corrected chi connectivity index (χ4v) is 2.05. The van der Waals surface area contributed by atoms with E-state index in [0.29, 0.717) is 18.7 Å². The van der Waals surface area contributed by atoms with Crippen molar-refractivity contribution in [1.82, 2.24) is 15.2 Å². The molecule has 0 aliphatic rings. The molecule has 4 nitrogen and oxygen atoms in total. The lowest BCUT2D eigenvalue weighted by Crippen LogP contribution is -2.31. The molecule has 2 aromatic rings. The van der Waals surface area contributed by atoms with Gasteiger partial charge in [-0.1, -0.05) is 0 Å². The van der Waals surface area contributed by atoms with E-state index in [1.165, 1.54) is 0 Å². The van der Waals surface area contributed by atoms with Crippen LogP contribution in [-0.4, -0.2) is 9.78 Å². The zero-order valence-electron chi connectivity index (χ0n) is 10.9. The first kappa shape index (κ1) is 14.5. The van der Waals surface area contributed by atoms with Crippen LogP contribution < -0.4 is 11.3 Å². The molecule has 3 N–H and O–H groups in total. The highest BCUT2D eigenvalue weighted by molar-refractivity contribution is 5.26. The van der Waals surface area contributed by atoms with Crippen molar-refractivity contribution in [2.75, 3.05) is 0 Å². The van der Waals surface area contributed by atoms with Crippen molar-refractivity contribution in [3.8, 4) is 0 Å². The first-order valence-corrected chi connectivity index (χ1v) is 6.17. The van der Waals surface area contributed by atoms with Gasteiger partial charge in [0.1, 0.15) is 17.5 Å². The number of nitrogens with zero attached hydrogens (tertiary/aromatic N) is 2. The zero-order valence-corrected chi connectivity index (χ0v) is 10.9. The highest BCUT2D eigenvalue weighted by atomic mass is 19.1. The van der Waals surface area contributed by atoms with Crippen LogP contribution in [0.4, 0.5) is 13.2 Å². The summed E-state index contributed by atoms with van der Waals surface area (Å²) < 4.78 is 42.1. The third-order valence-electron chi connectivity index (χ3n) is 3.04. The Hall–Kier alpha value is -1.86. The van der Waals surface area contributed by atoms with E-state index in [2.05, 4.69) is 10.5 Å². The van der Waals surface area contributed by atoms with Crippen LogP contribution in [0, 0.1) is 17.5 Å². The lowest BCUT2D eigenvalue weighted by Gasteiger charge is -2.17. The Morgan fingerprint density at radius 1 is 1.30 bits per heavy atom. The summed E-state index contributed by atoms with van der Waals surface area (Å²) >= 11 is 0. The number of hydrogen-bond acceptors (Lipinski definition) is 3. The minimum absolute atomic E-state index is 0.246. The third kappa shape index (κ3) is 3.00. The predicted octanol–water partition coefficient (Wildman–Crippen LogP) is 2.07. The van der Waals surface area contributed by atoms with E-state index in [1.54, 1.807) is 17.1 Å². The van der Waals surface area contributed by atoms with Gasteiger partial charge in [0.2, 0.25) is 0 Å². The molecule has 0 radical (unpaired) electrons. The topological polar surface area (TPSA) is 55.9 Å². The first-order valence-electron chi connectivity index (χ1n) is 6.17. The minimum Gasteiger partial charge on any atom is -0.273 e. The maximum absolute atomic E-state index is 13.7. The first-order chi connectivity index (χ1) is 9.55. The molecule has 0 aliphatic carbocycles. The Morgan fingerprint density at radius 3 is 2.45 bits per heavy atom. The fourth-order valence-electron chi connectivity index (χ4n) is 2.05. The highest BCUT2D eigenvalue weighted by Crippen LogP contribution is 2.24. The molecule has 1 unspecified atom stereocenters. The van der Waals surface area contributed by atoms with Crippen molar-refractivity contribution < 1.29 is 13.2 Å². The van der Waals surface area contributed by atoms with E-state index >= 15 is 0 Å². The van der Waals surface area contributed by atoms with Crippen LogP contribution in [0.1, 0.15) is 24.1 Å². The van der Waals surface area contributed by atoms with Crippen molar-refractivity contribution >= 4 is 0 Å². The van der Waals surface area contributed by atoms with Crippen molar-refractivity contribution in [3.63, 3.8) is 0 Å². The molecule has 0 saturated heterocycles. The number of benzene rings is 1. The number of nitrogens with two attached hydrogens (primary N) is 1. The summed E-state index contributed by atoms with van der Waals surface area (Å²) in [5.41, 5.74) is 2.85. The van der Waals surface area contributed by atoms with Gasteiger partial charge in [0.15, 0.2) is 0 Å². The summed E-state index contributed by atoms with van der Waals surface area (Å²) in [6.45, 7) is 2.62. The summed E-state index contributed by atoms with van der Waals surface area (Å²) in [6.07, 6.45) is 3.62. The maximum Gasteiger partial charge on any atom is 0.133 e. The molecule has 0 fully saturated rings. The smallest absolute Gasteiger partial charge is 0.133 e. The molecule has 7 heteroatoms. The Bertz CT molecular complexity index is 574. The minimum atomic E-state index is -0.965. The molecule has 0 spiro atoms. The molecule has 0 bridgehead atoms. The molecular weight excluding hydrogens is 269 g/mol. The van der Waals surface area contributed by atoms with Crippen LogP contribution in [0.25, 0.3) is 0 Å². The SMILES string of the molecule is CCn1cc(CC(NN)c2c(F)cc(F)cc2F)cn1. The Balaban J connectivity index is 2.28. The van der Waals surface area contributed by atoms with E-state index in [9.17, 15) is 13.2 Å². The molecule has 0 amide bonds. The van der Waals surface area contributed by atoms with Gasteiger partial charge in [0.05, 0.1) is 12.2 Å². The van der Waals surface area contributed by atoms with Gasteiger partial charge in [-0.15, -0.1) is 0 Å². The third-order valence-corrected chi connectivity index (χ3v) is 3.04. The Kier molecular flexibility index (Phi) is 4.41. The standard InChI is InChI=1S/C13H15F3N4/c1-2-20-7-8(6-18-20)3-12(19-17)13-10(15)4-9(14)5-11(13)16/h4-7,12,19H,2-3,17H2,1H3. The van der Waals surface area contributed by atoms with E-state index in [-0.39, 0.29) is 12.0 Å². The average molecular weight is 284 g/mol. The summed E-state index contributed by atoms with van der Waals surface area (Å²) in [5.74, 6) is 2.47. The van der Waals surface area contributed by atoms with Crippen LogP contribution >= 0.6 is 0 Å². The van der Waals surface area contributed by atoms with Gasteiger partial charge in [-0.3, -0.25) is 16.0 Å². The van der Waals surface area contributed by atoms with E-state index in [1.807, 2.05) is 6.92 Å². The fraction of sp³-hybridized carbons (Fsp3) is 0.308. The zero-order chi connectivity index (χ0) is 14.7. The second-order valence-corrected chi connectivity index (χ2v) is 4.41. The molecule has 1 aromatic carbocycles. The second kappa shape index (κ2) is 6.06. The number of aryl methyl sites for hydroxylation is 1. The number of hydrazine groups is 1. The summed E-state index contributed by atoms with van der Waals surface area (Å²) in [4.78, 5) is 0. The van der Waals surface area contributed by atoms with Gasteiger partial charge >= 0.3 is 0 Å². The number of aromatic nitrogens is 2. The highest BCUT2D eigenvalue weighted by Gasteiger charge is 2.21. The summed E-state index contributed by atoms with van der Waals surface area (Å²) in [5, 5.41) is 4.08. The lowest BCUT2D eigenvalue weighted by molar-refractivity contribution is 0.461. The molecule has 108 valence electrons. The van der Waals surface area contributed by atoms with Crippen LogP contribution in [0.15, 0.2) is 24.5 Å². The van der Waals surface area contributed by atoms with Gasteiger partial charge < -0.3 is 0 Å². The molecule has 0 saturated carbocycles. The quantitative estimate of drug-likeness (QED) is 0.653. The van der Waals surface area contributed by atoms with E-state index in [0.717, 1.165) is 5.56 Å². The summed E-state index contributed by atoms with van der Waals surface area (Å²) in [6, 6.07) is 0.473. The average Bonchev–Trinajstić information content (AvgIpc) is 2.84. The number of hydrogen-bond donors (Lipinski definition) is 2. The molecule has 0 aliphatic heterocycles. The lowest BCUT2D eigenvalue weighted by atomic mass is 10.00. The molecule has 1 heterocycles. The van der Waals surface area contributed by atoms with Crippen molar-refractivity contribution in [3.05, 3.63) is 53.1 Å². The van der Waals surface area contributed by atoms with Crippen LogP contribution in [0.3, 0.4) is 0 Å². The van der Waals surface area contributed by atoms with Crippen LogP contribution in [-0.2, 0) is 13.0 Å². The molecule has 1 aromatic heterocycles. The van der Waals surface area contributed by atoms with Crippen LogP contribution in [0.2, 0.25) is 0 Å². The monoisotopic (exact) mass is 284 g/mol. The van der Waals surface area contributed by atoms with Crippen molar-refractivity contribution in [2.45, 2.75) is 25.9 Å². The Labute approximate surface area is 114 Å². The van der Waals surface area contributed by atoms with Crippen LogP contribution in [0.5, 0.6) is 0 Å². The molecular formula is C13H15F3N4. The predicted molar refractivity (Wildman–Crippen MR) is 68.0 cm³/mol. The number of halogens is 3. The number of nitrogens with one attached hydrogen (secondary N) is 1. The van der Waals surface area contributed by atoms with E-state index < -0.39 is 23.5 Å². The number of rotatable bonds is 5. The largest absolute Gasteiger partial charge is 0.273 e. The second-order valence-electron chi connectivity index (χ2n) is 4.41. The van der Waals surface area contributed by atoms with Gasteiger partial charge in [0, 0.05) is 30.4 Å². The van der Waals surface area contributed by atoms with Gasteiger partial charge in [-0.05, 0) is 18.9 Å². The van der Waals surface area contributed by atoms with Crippen molar-refractivity contribution in [1.29, 1.82) is 0 Å². The van der Waals surface area contributed by atoms with E-state index in [4.69, 9.17) is 5.84 Å².